The van der Waals surface area contributed by atoms with Gasteiger partial charge in [0.05, 0.1) is 6.04 Å². The molecule has 0 bridgehead atoms. The van der Waals surface area contributed by atoms with Crippen LogP contribution in [-0.4, -0.2) is 30.3 Å². The molecule has 170 valence electrons. The first-order chi connectivity index (χ1) is 16.0. The molecule has 0 spiro atoms. The first-order valence-corrected chi connectivity index (χ1v) is 11.5. The van der Waals surface area contributed by atoms with Gasteiger partial charge in [0.2, 0.25) is 0 Å². The second-order valence-electron chi connectivity index (χ2n) is 8.09. The lowest BCUT2D eigenvalue weighted by Crippen LogP contribution is -2.43. The highest BCUT2D eigenvalue weighted by molar-refractivity contribution is 6.31. The van der Waals surface area contributed by atoms with Crippen molar-refractivity contribution in [3.63, 3.8) is 0 Å². The monoisotopic (exact) mass is 483 g/mol. The van der Waals surface area contributed by atoms with E-state index in [0.717, 1.165) is 22.7 Å². The van der Waals surface area contributed by atoms with E-state index in [1.807, 2.05) is 30.3 Å². The molecule has 3 atom stereocenters. The number of rotatable bonds is 4. The number of allylic oxidation sites excluding steroid dienone is 2. The van der Waals surface area contributed by atoms with E-state index in [-0.39, 0.29) is 24.7 Å². The van der Waals surface area contributed by atoms with Crippen LogP contribution < -0.4 is 20.5 Å². The Balaban J connectivity index is 1.49. The van der Waals surface area contributed by atoms with Gasteiger partial charge in [0.25, 0.3) is 0 Å². The van der Waals surface area contributed by atoms with Crippen LogP contribution >= 0.6 is 23.2 Å². The normalized spacial score (nSPS) is 23.4. The van der Waals surface area contributed by atoms with Gasteiger partial charge in [0.1, 0.15) is 24.3 Å². The predicted molar refractivity (Wildman–Crippen MR) is 128 cm³/mol. The maximum Gasteiger partial charge on any atom is 0.416 e. The molecule has 2 aliphatic heterocycles. The van der Waals surface area contributed by atoms with E-state index in [9.17, 15) is 4.79 Å². The number of hydrogen-bond donors (Lipinski definition) is 2. The average Bonchev–Trinajstić information content (AvgIpc) is 3.18. The number of halogens is 2. The number of benzene rings is 2. The third kappa shape index (κ3) is 4.34. The van der Waals surface area contributed by atoms with Gasteiger partial charge in [-0.2, -0.15) is 0 Å². The lowest BCUT2D eigenvalue weighted by Gasteiger charge is -2.37. The minimum absolute atomic E-state index is 0.0992. The molecule has 0 radical (unpaired) electrons. The maximum absolute atomic E-state index is 13.3. The molecular weight excluding hydrogens is 461 g/mol. The fourth-order valence-corrected chi connectivity index (χ4v) is 5.02. The van der Waals surface area contributed by atoms with Crippen molar-refractivity contribution in [2.75, 3.05) is 13.3 Å². The van der Waals surface area contributed by atoms with Gasteiger partial charge >= 0.3 is 6.09 Å². The van der Waals surface area contributed by atoms with Gasteiger partial charge in [-0.25, -0.2) is 4.79 Å². The molecule has 33 heavy (non-hydrogen) atoms. The summed E-state index contributed by atoms with van der Waals surface area (Å²) in [6.45, 7) is 0.624. The average molecular weight is 484 g/mol. The number of nitrogens with one attached hydrogen (secondary N) is 1. The SMILES string of the molecule is NCOc1ccc([C@H]2C3=C(CCN2C(=O)Oc2ccc(Cl)cc2)C2C=C(Cl)C=CC2N3)cc1. The Morgan fingerprint density at radius 3 is 2.55 bits per heavy atom. The van der Waals surface area contributed by atoms with Crippen LogP contribution in [0, 0.1) is 5.92 Å². The summed E-state index contributed by atoms with van der Waals surface area (Å²) >= 11 is 12.3. The quantitative estimate of drug-likeness (QED) is 0.590. The molecule has 5 rings (SSSR count). The van der Waals surface area contributed by atoms with Gasteiger partial charge < -0.3 is 14.8 Å². The van der Waals surface area contributed by atoms with E-state index >= 15 is 0 Å². The highest BCUT2D eigenvalue weighted by Crippen LogP contribution is 2.45. The highest BCUT2D eigenvalue weighted by Gasteiger charge is 2.43. The molecule has 0 saturated heterocycles. The molecule has 2 aromatic carbocycles. The zero-order valence-electron chi connectivity index (χ0n) is 17.7. The second kappa shape index (κ2) is 9.14. The van der Waals surface area contributed by atoms with Crippen molar-refractivity contribution >= 4 is 29.3 Å². The van der Waals surface area contributed by atoms with Gasteiger partial charge in [-0.05, 0) is 60.0 Å². The highest BCUT2D eigenvalue weighted by atomic mass is 35.5. The number of nitrogens with two attached hydrogens (primary N) is 1. The number of carbonyl (C=O) groups excluding carboxylic acids is 1. The van der Waals surface area contributed by atoms with Crippen LogP contribution in [0.15, 0.2) is 83.1 Å². The molecule has 2 heterocycles. The van der Waals surface area contributed by atoms with E-state index < -0.39 is 6.09 Å². The smallest absolute Gasteiger partial charge is 0.416 e. The standard InChI is InChI=1S/C25H23Cl2N3O3/c26-16-3-8-19(9-4-16)33-25(31)30-12-11-20-21-13-17(27)5-10-22(21)29-23(20)24(30)15-1-6-18(7-2-15)32-14-28/h1-10,13,21-22,24,29H,11-12,14,28H2/t21?,22?,24-/m0/s1. The number of carbonyl (C=O) groups is 1. The van der Waals surface area contributed by atoms with Gasteiger partial charge in [-0.3, -0.25) is 10.6 Å². The van der Waals surface area contributed by atoms with Gasteiger partial charge in [0.15, 0.2) is 0 Å². The lowest BCUT2D eigenvalue weighted by atomic mass is 9.85. The number of fused-ring (bicyclic) bond motifs is 2. The number of ether oxygens (including phenoxy) is 2. The summed E-state index contributed by atoms with van der Waals surface area (Å²) < 4.78 is 11.1. The molecule has 6 nitrogen and oxygen atoms in total. The third-order valence-corrected chi connectivity index (χ3v) is 6.67. The van der Waals surface area contributed by atoms with Crippen molar-refractivity contribution in [1.29, 1.82) is 0 Å². The number of amides is 1. The fraction of sp³-hybridized carbons (Fsp3) is 0.240. The lowest BCUT2D eigenvalue weighted by molar-refractivity contribution is 0.134. The Labute approximate surface area is 202 Å². The van der Waals surface area contributed by atoms with E-state index in [1.54, 1.807) is 29.2 Å². The van der Waals surface area contributed by atoms with Crippen LogP contribution in [0.3, 0.4) is 0 Å². The first kappa shape index (κ1) is 21.9. The Morgan fingerprint density at radius 2 is 1.82 bits per heavy atom. The minimum Gasteiger partial charge on any atom is -0.479 e. The van der Waals surface area contributed by atoms with Crippen LogP contribution in [0.1, 0.15) is 18.0 Å². The Hall–Kier alpha value is -2.93. The van der Waals surface area contributed by atoms with Crippen LogP contribution in [-0.2, 0) is 0 Å². The molecule has 8 heteroatoms. The molecule has 2 unspecified atom stereocenters. The summed E-state index contributed by atoms with van der Waals surface area (Å²) in [6, 6.07) is 14.2. The third-order valence-electron chi connectivity index (χ3n) is 6.17. The molecule has 2 aromatic rings. The largest absolute Gasteiger partial charge is 0.479 e. The zero-order valence-corrected chi connectivity index (χ0v) is 19.2. The maximum atomic E-state index is 13.3. The molecule has 0 saturated carbocycles. The summed E-state index contributed by atoms with van der Waals surface area (Å²) in [7, 11) is 0. The molecule has 3 N–H and O–H groups in total. The van der Waals surface area contributed by atoms with Crippen molar-refractivity contribution in [2.45, 2.75) is 18.5 Å². The van der Waals surface area contributed by atoms with Crippen molar-refractivity contribution in [3.8, 4) is 11.5 Å². The van der Waals surface area contributed by atoms with Crippen molar-refractivity contribution < 1.29 is 14.3 Å². The topological polar surface area (TPSA) is 76.8 Å². The molecule has 0 aromatic heterocycles. The second-order valence-corrected chi connectivity index (χ2v) is 8.97. The van der Waals surface area contributed by atoms with Crippen LogP contribution in [0.5, 0.6) is 11.5 Å². The van der Waals surface area contributed by atoms with Gasteiger partial charge in [-0.15, -0.1) is 0 Å². The van der Waals surface area contributed by atoms with Crippen molar-refractivity contribution in [3.05, 3.63) is 93.6 Å². The molecule has 1 aliphatic carbocycles. The molecule has 1 amide bonds. The van der Waals surface area contributed by atoms with E-state index in [2.05, 4.69) is 17.5 Å². The molecule has 3 aliphatic rings. The van der Waals surface area contributed by atoms with Crippen LogP contribution in [0.25, 0.3) is 0 Å². The summed E-state index contributed by atoms with van der Waals surface area (Å²) in [4.78, 5) is 15.0. The Bertz CT molecular complexity index is 1140. The minimum atomic E-state index is -0.419. The predicted octanol–water partition coefficient (Wildman–Crippen LogP) is 5.12. The Kier molecular flexibility index (Phi) is 6.06. The summed E-state index contributed by atoms with van der Waals surface area (Å²) in [6.07, 6.45) is 6.39. The summed E-state index contributed by atoms with van der Waals surface area (Å²) in [5.41, 5.74) is 8.73. The molecule has 0 fully saturated rings. The van der Waals surface area contributed by atoms with E-state index in [1.165, 1.54) is 5.57 Å². The fourth-order valence-electron chi connectivity index (χ4n) is 4.68. The van der Waals surface area contributed by atoms with E-state index in [4.69, 9.17) is 38.4 Å². The van der Waals surface area contributed by atoms with Crippen molar-refractivity contribution in [2.24, 2.45) is 11.7 Å². The Morgan fingerprint density at radius 1 is 1.09 bits per heavy atom. The first-order valence-electron chi connectivity index (χ1n) is 10.8. The van der Waals surface area contributed by atoms with Crippen molar-refractivity contribution in [1.82, 2.24) is 10.2 Å². The number of hydrogen-bond acceptors (Lipinski definition) is 5. The van der Waals surface area contributed by atoms with E-state index in [0.29, 0.717) is 23.1 Å². The number of nitrogens with zero attached hydrogens (tertiary/aromatic N) is 1. The van der Waals surface area contributed by atoms with Gasteiger partial charge in [0, 0.05) is 28.2 Å². The molecular formula is C25H23Cl2N3O3. The zero-order chi connectivity index (χ0) is 22.9. The van der Waals surface area contributed by atoms with Crippen LogP contribution in [0.2, 0.25) is 5.02 Å². The van der Waals surface area contributed by atoms with Crippen LogP contribution in [0.4, 0.5) is 4.79 Å². The van der Waals surface area contributed by atoms with Gasteiger partial charge in [-0.1, -0.05) is 47.5 Å². The summed E-state index contributed by atoms with van der Waals surface area (Å²) in [5.74, 6) is 1.29. The summed E-state index contributed by atoms with van der Waals surface area (Å²) in [5, 5.41) is 4.95.